The molecule has 0 spiro atoms. The van der Waals surface area contributed by atoms with Crippen LogP contribution in [-0.4, -0.2) is 28.9 Å². The number of hydrogen-bond donors (Lipinski definition) is 0. The van der Waals surface area contributed by atoms with E-state index in [1.165, 1.54) is 48.2 Å². The zero-order valence-corrected chi connectivity index (χ0v) is 15.5. The fourth-order valence-electron chi connectivity index (χ4n) is 3.60. The normalized spacial score (nSPS) is 16.2. The monoisotopic (exact) mass is 344 g/mol. The molecule has 1 aromatic heterocycles. The molecule has 3 nitrogen and oxygen atoms in total. The highest BCUT2D eigenvalue weighted by molar-refractivity contribution is 7.18. The molecule has 1 aromatic carbocycles. The van der Waals surface area contributed by atoms with Crippen LogP contribution < -0.4 is 0 Å². The molecule has 0 aliphatic heterocycles. The number of carbonyl (C=O) groups is 1. The van der Waals surface area contributed by atoms with Gasteiger partial charge in [0.05, 0.1) is 15.2 Å². The van der Waals surface area contributed by atoms with Gasteiger partial charge in [-0.3, -0.25) is 4.79 Å². The summed E-state index contributed by atoms with van der Waals surface area (Å²) >= 11 is 1.78. The minimum atomic E-state index is 0.325. The molecule has 1 aliphatic carbocycles. The van der Waals surface area contributed by atoms with E-state index in [-0.39, 0.29) is 0 Å². The number of para-hydroxylation sites is 1. The Labute approximate surface area is 149 Å². The smallest absolute Gasteiger partial charge is 0.222 e. The number of rotatable bonds is 6. The zero-order chi connectivity index (χ0) is 16.8. The molecule has 1 aliphatic rings. The maximum Gasteiger partial charge on any atom is 0.222 e. The average Bonchev–Trinajstić information content (AvgIpc) is 2.82. The molecular formula is C20H28N2OS. The number of unbranched alkanes of at least 4 members (excludes halogenated alkanes) is 1. The van der Waals surface area contributed by atoms with Gasteiger partial charge in [0.2, 0.25) is 5.91 Å². The van der Waals surface area contributed by atoms with Crippen LogP contribution in [0.25, 0.3) is 10.2 Å². The van der Waals surface area contributed by atoms with E-state index in [1.807, 2.05) is 18.0 Å². The summed E-state index contributed by atoms with van der Waals surface area (Å²) in [5.41, 5.74) is 1.10. The topological polar surface area (TPSA) is 33.2 Å². The largest absolute Gasteiger partial charge is 0.343 e. The lowest BCUT2D eigenvalue weighted by molar-refractivity contribution is -0.132. The Kier molecular flexibility index (Phi) is 6.24. The van der Waals surface area contributed by atoms with Gasteiger partial charge in [0.25, 0.3) is 0 Å². The number of thiazole rings is 1. The number of carbonyl (C=O) groups excluding carboxylic acids is 1. The van der Waals surface area contributed by atoms with E-state index in [1.54, 1.807) is 11.3 Å². The predicted octanol–water partition coefficient (Wildman–Crippen LogP) is 5.19. The second-order valence-corrected chi connectivity index (χ2v) is 8.05. The summed E-state index contributed by atoms with van der Waals surface area (Å²) in [6.45, 7) is 0. The molecule has 0 unspecified atom stereocenters. The van der Waals surface area contributed by atoms with Crippen LogP contribution in [0.15, 0.2) is 24.3 Å². The third kappa shape index (κ3) is 4.56. The SMILES string of the molecule is CN(C(=O)CCCCc1nc2ccccc2s1)C1CCCCCC1. The summed E-state index contributed by atoms with van der Waals surface area (Å²) in [6, 6.07) is 8.77. The Morgan fingerprint density at radius 1 is 1.17 bits per heavy atom. The minimum Gasteiger partial charge on any atom is -0.343 e. The van der Waals surface area contributed by atoms with Crippen LogP contribution in [0.1, 0.15) is 62.8 Å². The quantitative estimate of drug-likeness (QED) is 0.533. The molecule has 130 valence electrons. The van der Waals surface area contributed by atoms with Crippen LogP contribution >= 0.6 is 11.3 Å². The molecule has 4 heteroatoms. The molecule has 1 heterocycles. The van der Waals surface area contributed by atoms with Gasteiger partial charge in [-0.15, -0.1) is 11.3 Å². The number of benzene rings is 1. The number of aryl methyl sites for hydroxylation is 1. The van der Waals surface area contributed by atoms with Gasteiger partial charge in [0.15, 0.2) is 0 Å². The van der Waals surface area contributed by atoms with Gasteiger partial charge in [0, 0.05) is 19.5 Å². The van der Waals surface area contributed by atoms with Crippen molar-refractivity contribution in [3.8, 4) is 0 Å². The minimum absolute atomic E-state index is 0.325. The number of amides is 1. The molecular weight excluding hydrogens is 316 g/mol. The maximum atomic E-state index is 12.4. The Balaban J connectivity index is 1.41. The van der Waals surface area contributed by atoms with Gasteiger partial charge in [-0.2, -0.15) is 0 Å². The lowest BCUT2D eigenvalue weighted by Gasteiger charge is -2.27. The van der Waals surface area contributed by atoms with Crippen molar-refractivity contribution in [1.82, 2.24) is 9.88 Å². The first-order valence-electron chi connectivity index (χ1n) is 9.34. The van der Waals surface area contributed by atoms with Crippen molar-refractivity contribution in [2.24, 2.45) is 0 Å². The summed E-state index contributed by atoms with van der Waals surface area (Å²) in [7, 11) is 2.01. The third-order valence-corrected chi connectivity index (χ3v) is 6.23. The summed E-state index contributed by atoms with van der Waals surface area (Å²) in [5, 5.41) is 1.20. The highest BCUT2D eigenvalue weighted by Crippen LogP contribution is 2.24. The van der Waals surface area contributed by atoms with E-state index in [4.69, 9.17) is 0 Å². The van der Waals surface area contributed by atoms with E-state index in [0.29, 0.717) is 18.4 Å². The molecule has 3 rings (SSSR count). The van der Waals surface area contributed by atoms with Crippen molar-refractivity contribution in [1.29, 1.82) is 0 Å². The third-order valence-electron chi connectivity index (χ3n) is 5.14. The van der Waals surface area contributed by atoms with Crippen LogP contribution in [0.5, 0.6) is 0 Å². The van der Waals surface area contributed by atoms with Gasteiger partial charge >= 0.3 is 0 Å². The van der Waals surface area contributed by atoms with E-state index < -0.39 is 0 Å². The number of fused-ring (bicyclic) bond motifs is 1. The Morgan fingerprint density at radius 3 is 2.67 bits per heavy atom. The fourth-order valence-corrected chi connectivity index (χ4v) is 4.61. The second kappa shape index (κ2) is 8.61. The standard InChI is InChI=1S/C20H28N2OS/c1-22(16-10-4-2-3-5-11-16)20(23)15-9-8-14-19-21-17-12-6-7-13-18(17)24-19/h6-7,12-13,16H,2-5,8-11,14-15H2,1H3. The summed E-state index contributed by atoms with van der Waals surface area (Å²) in [4.78, 5) is 19.1. The lowest BCUT2D eigenvalue weighted by Crippen LogP contribution is -2.36. The Hall–Kier alpha value is -1.42. The molecule has 1 saturated carbocycles. The Bertz CT molecular complexity index is 625. The second-order valence-electron chi connectivity index (χ2n) is 6.93. The summed E-state index contributed by atoms with van der Waals surface area (Å²) in [5.74, 6) is 0.325. The predicted molar refractivity (Wildman–Crippen MR) is 101 cm³/mol. The Morgan fingerprint density at radius 2 is 1.92 bits per heavy atom. The van der Waals surface area contributed by atoms with Crippen molar-refractivity contribution in [3.05, 3.63) is 29.3 Å². The van der Waals surface area contributed by atoms with E-state index >= 15 is 0 Å². The van der Waals surface area contributed by atoms with Crippen LogP contribution in [0, 0.1) is 0 Å². The highest BCUT2D eigenvalue weighted by atomic mass is 32.1. The number of hydrogen-bond acceptors (Lipinski definition) is 3. The number of aromatic nitrogens is 1. The first kappa shape index (κ1) is 17.4. The molecule has 2 aromatic rings. The zero-order valence-electron chi connectivity index (χ0n) is 14.7. The van der Waals surface area contributed by atoms with E-state index in [9.17, 15) is 4.79 Å². The molecule has 1 fully saturated rings. The maximum absolute atomic E-state index is 12.4. The van der Waals surface area contributed by atoms with Crippen molar-refractivity contribution in [3.63, 3.8) is 0 Å². The molecule has 0 radical (unpaired) electrons. The fraction of sp³-hybridized carbons (Fsp3) is 0.600. The van der Waals surface area contributed by atoms with Crippen molar-refractivity contribution >= 4 is 27.5 Å². The average molecular weight is 345 g/mol. The van der Waals surface area contributed by atoms with Crippen LogP contribution in [0.4, 0.5) is 0 Å². The van der Waals surface area contributed by atoms with Crippen molar-refractivity contribution < 1.29 is 4.79 Å². The molecule has 0 atom stereocenters. The first-order chi connectivity index (χ1) is 11.7. The van der Waals surface area contributed by atoms with Gasteiger partial charge < -0.3 is 4.90 Å². The van der Waals surface area contributed by atoms with Gasteiger partial charge in [0.1, 0.15) is 0 Å². The highest BCUT2D eigenvalue weighted by Gasteiger charge is 2.20. The molecule has 24 heavy (non-hydrogen) atoms. The molecule has 0 bridgehead atoms. The molecule has 1 amide bonds. The number of nitrogens with zero attached hydrogens (tertiary/aromatic N) is 2. The van der Waals surface area contributed by atoms with Crippen LogP contribution in [0.3, 0.4) is 0 Å². The summed E-state index contributed by atoms with van der Waals surface area (Å²) < 4.78 is 1.26. The van der Waals surface area contributed by atoms with Crippen molar-refractivity contribution in [2.75, 3.05) is 7.05 Å². The van der Waals surface area contributed by atoms with Crippen LogP contribution in [-0.2, 0) is 11.2 Å². The first-order valence-corrected chi connectivity index (χ1v) is 10.2. The van der Waals surface area contributed by atoms with Gasteiger partial charge in [-0.25, -0.2) is 4.98 Å². The van der Waals surface area contributed by atoms with E-state index in [2.05, 4.69) is 23.2 Å². The van der Waals surface area contributed by atoms with Crippen LogP contribution in [0.2, 0.25) is 0 Å². The van der Waals surface area contributed by atoms with Gasteiger partial charge in [-0.1, -0.05) is 37.8 Å². The molecule has 0 N–H and O–H groups in total. The van der Waals surface area contributed by atoms with Crippen molar-refractivity contribution in [2.45, 2.75) is 70.3 Å². The van der Waals surface area contributed by atoms with Gasteiger partial charge in [-0.05, 0) is 44.2 Å². The summed E-state index contributed by atoms with van der Waals surface area (Å²) in [6.07, 6.45) is 11.3. The molecule has 0 saturated heterocycles. The lowest BCUT2D eigenvalue weighted by atomic mass is 10.1. The van der Waals surface area contributed by atoms with E-state index in [0.717, 1.165) is 24.8 Å².